The topological polar surface area (TPSA) is 58.6 Å². The molecule has 0 aromatic heterocycles. The van der Waals surface area contributed by atoms with Crippen LogP contribution in [0.15, 0.2) is 46.9 Å². The maximum Gasteiger partial charge on any atom is 0.261 e. The molecule has 0 bridgehead atoms. The minimum absolute atomic E-state index is 0.0184. The second-order valence-corrected chi connectivity index (χ2v) is 9.22. The van der Waals surface area contributed by atoms with Gasteiger partial charge in [0, 0.05) is 18.7 Å². The number of hydrogen-bond acceptors (Lipinski definition) is 3. The first-order chi connectivity index (χ1) is 14.5. The van der Waals surface area contributed by atoms with Crippen LogP contribution in [-0.4, -0.2) is 35.9 Å². The van der Waals surface area contributed by atoms with E-state index in [0.29, 0.717) is 17.9 Å². The van der Waals surface area contributed by atoms with Gasteiger partial charge in [0.25, 0.3) is 5.91 Å². The Morgan fingerprint density at radius 1 is 1.19 bits per heavy atom. The number of hydrogen-bond donors (Lipinski definition) is 1. The van der Waals surface area contributed by atoms with Gasteiger partial charge in [-0.05, 0) is 59.0 Å². The van der Waals surface area contributed by atoms with E-state index in [2.05, 4.69) is 42.0 Å². The molecular formula is C24H30BrFN2O3. The van der Waals surface area contributed by atoms with E-state index in [1.807, 2.05) is 18.2 Å². The van der Waals surface area contributed by atoms with Gasteiger partial charge in [-0.3, -0.25) is 9.59 Å². The fourth-order valence-corrected chi connectivity index (χ4v) is 3.51. The zero-order valence-corrected chi connectivity index (χ0v) is 20.3. The minimum atomic E-state index is -0.776. The molecule has 0 aliphatic heterocycles. The molecule has 0 unspecified atom stereocenters. The summed E-state index contributed by atoms with van der Waals surface area (Å²) < 4.78 is 20.7. The van der Waals surface area contributed by atoms with Gasteiger partial charge < -0.3 is 15.0 Å². The first-order valence-electron chi connectivity index (χ1n) is 10.3. The third kappa shape index (κ3) is 6.79. The highest BCUT2D eigenvalue weighted by Crippen LogP contribution is 2.31. The summed E-state index contributed by atoms with van der Waals surface area (Å²) in [6, 6.07) is 11.2. The maximum atomic E-state index is 14.2. The van der Waals surface area contributed by atoms with Gasteiger partial charge in [-0.1, -0.05) is 45.0 Å². The van der Waals surface area contributed by atoms with Crippen molar-refractivity contribution in [3.63, 3.8) is 0 Å². The number of nitrogens with zero attached hydrogens (tertiary/aromatic N) is 1. The van der Waals surface area contributed by atoms with Gasteiger partial charge in [0.15, 0.2) is 6.61 Å². The molecule has 0 fully saturated rings. The zero-order chi connectivity index (χ0) is 23.2. The molecule has 2 rings (SSSR count). The largest absolute Gasteiger partial charge is 0.483 e. The second kappa shape index (κ2) is 10.8. The highest BCUT2D eigenvalue weighted by atomic mass is 79.9. The molecule has 0 radical (unpaired) electrons. The van der Waals surface area contributed by atoms with Crippen LogP contribution in [-0.2, 0) is 21.5 Å². The molecule has 0 spiro atoms. The number of likely N-dealkylation sites (N-methyl/N-ethyl adjacent to an activating group) is 1. The number of benzene rings is 2. The lowest BCUT2D eigenvalue weighted by Crippen LogP contribution is -2.49. The van der Waals surface area contributed by atoms with Crippen LogP contribution in [0, 0.1) is 5.82 Å². The van der Waals surface area contributed by atoms with Crippen LogP contribution in [0.25, 0.3) is 0 Å². The van der Waals surface area contributed by atoms with Crippen LogP contribution in [0.3, 0.4) is 0 Å². The molecule has 0 aliphatic rings. The third-order valence-electron chi connectivity index (χ3n) is 4.97. The predicted octanol–water partition coefficient (Wildman–Crippen LogP) is 4.82. The van der Waals surface area contributed by atoms with Crippen LogP contribution in [0.4, 0.5) is 4.39 Å². The first-order valence-corrected chi connectivity index (χ1v) is 11.1. The summed E-state index contributed by atoms with van der Waals surface area (Å²) >= 11 is 3.50. The average Bonchev–Trinajstić information content (AvgIpc) is 2.71. The molecule has 0 saturated heterocycles. The zero-order valence-electron chi connectivity index (χ0n) is 18.7. The average molecular weight is 493 g/mol. The molecule has 7 heteroatoms. The van der Waals surface area contributed by atoms with Gasteiger partial charge in [-0.15, -0.1) is 0 Å². The smallest absolute Gasteiger partial charge is 0.261 e. The maximum absolute atomic E-state index is 14.2. The van der Waals surface area contributed by atoms with Crippen molar-refractivity contribution < 1.29 is 18.7 Å². The van der Waals surface area contributed by atoms with Gasteiger partial charge >= 0.3 is 0 Å². The normalized spacial score (nSPS) is 12.2. The SMILES string of the molecule is CCNC(=O)[C@@H](C)N(Cc1ccccc1F)C(=O)COc1ccc(C(C)(C)C)cc1Br. The van der Waals surface area contributed by atoms with Gasteiger partial charge in [0.2, 0.25) is 5.91 Å². The highest BCUT2D eigenvalue weighted by Gasteiger charge is 2.27. The van der Waals surface area contributed by atoms with E-state index in [1.165, 1.54) is 11.0 Å². The van der Waals surface area contributed by atoms with Crippen LogP contribution < -0.4 is 10.1 Å². The fourth-order valence-electron chi connectivity index (χ4n) is 3.02. The van der Waals surface area contributed by atoms with Crippen molar-refractivity contribution in [2.45, 2.75) is 52.6 Å². The summed E-state index contributed by atoms with van der Waals surface area (Å²) in [6.45, 7) is 9.90. The Balaban J connectivity index is 2.19. The minimum Gasteiger partial charge on any atom is -0.483 e. The summed E-state index contributed by atoms with van der Waals surface area (Å²) in [7, 11) is 0. The monoisotopic (exact) mass is 492 g/mol. The number of carbonyl (C=O) groups excluding carboxylic acids is 2. The number of carbonyl (C=O) groups is 2. The summed E-state index contributed by atoms with van der Waals surface area (Å²) in [5, 5.41) is 2.71. The Kier molecular flexibility index (Phi) is 8.62. The van der Waals surface area contributed by atoms with E-state index in [4.69, 9.17) is 4.74 Å². The molecular weight excluding hydrogens is 463 g/mol. The lowest BCUT2D eigenvalue weighted by Gasteiger charge is -2.29. The number of halogens is 2. The summed E-state index contributed by atoms with van der Waals surface area (Å²) in [4.78, 5) is 26.7. The predicted molar refractivity (Wildman–Crippen MR) is 123 cm³/mol. The quantitative estimate of drug-likeness (QED) is 0.574. The molecule has 5 nitrogen and oxygen atoms in total. The lowest BCUT2D eigenvalue weighted by molar-refractivity contribution is -0.142. The summed E-state index contributed by atoms with van der Waals surface area (Å²) in [5.74, 6) is -0.612. The summed E-state index contributed by atoms with van der Waals surface area (Å²) in [5.41, 5.74) is 1.45. The van der Waals surface area contributed by atoms with Crippen LogP contribution in [0.1, 0.15) is 45.7 Å². The van der Waals surface area contributed by atoms with Crippen LogP contribution in [0.2, 0.25) is 0 Å². The first kappa shape index (κ1) is 24.9. The van der Waals surface area contributed by atoms with Crippen molar-refractivity contribution in [3.8, 4) is 5.75 Å². The molecule has 0 saturated carbocycles. The molecule has 0 heterocycles. The van der Waals surface area contributed by atoms with E-state index in [1.54, 1.807) is 32.0 Å². The second-order valence-electron chi connectivity index (χ2n) is 8.37. The van der Waals surface area contributed by atoms with Crippen molar-refractivity contribution in [1.82, 2.24) is 10.2 Å². The van der Waals surface area contributed by atoms with Gasteiger partial charge in [-0.2, -0.15) is 0 Å². The van der Waals surface area contributed by atoms with Crippen molar-refractivity contribution in [2.75, 3.05) is 13.2 Å². The van der Waals surface area contributed by atoms with Crippen molar-refractivity contribution in [1.29, 1.82) is 0 Å². The number of nitrogens with one attached hydrogen (secondary N) is 1. The Hall–Kier alpha value is -2.41. The molecule has 2 aromatic rings. The van der Waals surface area contributed by atoms with E-state index in [0.717, 1.165) is 10.0 Å². The summed E-state index contributed by atoms with van der Waals surface area (Å²) in [6.07, 6.45) is 0. The Bertz CT molecular complexity index is 927. The van der Waals surface area contributed by atoms with E-state index in [9.17, 15) is 14.0 Å². The van der Waals surface area contributed by atoms with E-state index >= 15 is 0 Å². The van der Waals surface area contributed by atoms with Gasteiger partial charge in [0.05, 0.1) is 4.47 Å². The van der Waals surface area contributed by atoms with Gasteiger partial charge in [0.1, 0.15) is 17.6 Å². The molecule has 31 heavy (non-hydrogen) atoms. The molecule has 1 atom stereocenters. The standard InChI is InChI=1S/C24H30BrFN2O3/c1-6-27-23(30)16(2)28(14-17-9-7-8-10-20(17)26)22(29)15-31-21-12-11-18(13-19(21)25)24(3,4)5/h7-13,16H,6,14-15H2,1-5H3,(H,27,30)/t16-/m1/s1. The Labute approximate surface area is 192 Å². The van der Waals surface area contributed by atoms with Gasteiger partial charge in [-0.25, -0.2) is 4.39 Å². The fraction of sp³-hybridized carbons (Fsp3) is 0.417. The van der Waals surface area contributed by atoms with E-state index in [-0.39, 0.29) is 24.5 Å². The van der Waals surface area contributed by atoms with Crippen LogP contribution >= 0.6 is 15.9 Å². The third-order valence-corrected chi connectivity index (χ3v) is 5.59. The lowest BCUT2D eigenvalue weighted by atomic mass is 9.87. The van der Waals surface area contributed by atoms with Crippen molar-refractivity contribution in [3.05, 3.63) is 63.9 Å². The molecule has 2 aromatic carbocycles. The molecule has 1 N–H and O–H groups in total. The van der Waals surface area contributed by atoms with Crippen molar-refractivity contribution >= 4 is 27.7 Å². The van der Waals surface area contributed by atoms with E-state index < -0.39 is 17.8 Å². The molecule has 2 amide bonds. The molecule has 0 aliphatic carbocycles. The molecule has 168 valence electrons. The number of ether oxygens (including phenoxy) is 1. The highest BCUT2D eigenvalue weighted by molar-refractivity contribution is 9.10. The number of amides is 2. The van der Waals surface area contributed by atoms with Crippen molar-refractivity contribution in [2.24, 2.45) is 0 Å². The number of rotatable bonds is 8. The Morgan fingerprint density at radius 2 is 1.87 bits per heavy atom. The Morgan fingerprint density at radius 3 is 2.45 bits per heavy atom. The van der Waals surface area contributed by atoms with Crippen LogP contribution in [0.5, 0.6) is 5.75 Å².